The molecule has 0 fully saturated rings. The second-order valence-corrected chi connectivity index (χ2v) is 8.70. The van der Waals surface area contributed by atoms with Crippen molar-refractivity contribution in [3.63, 3.8) is 0 Å². The summed E-state index contributed by atoms with van der Waals surface area (Å²) in [6.45, 7) is 3.21. The highest BCUT2D eigenvalue weighted by molar-refractivity contribution is 9.11. The first kappa shape index (κ1) is 16.2. The van der Waals surface area contributed by atoms with Crippen molar-refractivity contribution in [3.8, 4) is 0 Å². The van der Waals surface area contributed by atoms with Crippen molar-refractivity contribution >= 4 is 43.3 Å². The predicted octanol–water partition coefficient (Wildman–Crippen LogP) is 2.90. The molecular formula is C12H12BrNO5S2. The van der Waals surface area contributed by atoms with Gasteiger partial charge < -0.3 is 9.52 Å². The monoisotopic (exact) mass is 393 g/mol. The Kier molecular flexibility index (Phi) is 4.57. The Bertz CT molecular complexity index is 771. The number of rotatable bonds is 5. The third-order valence-corrected chi connectivity index (χ3v) is 6.75. The zero-order valence-corrected chi connectivity index (χ0v) is 14.4. The number of furan rings is 1. The van der Waals surface area contributed by atoms with Crippen LogP contribution in [-0.4, -0.2) is 19.5 Å². The van der Waals surface area contributed by atoms with E-state index in [1.807, 2.05) is 0 Å². The summed E-state index contributed by atoms with van der Waals surface area (Å²) in [4.78, 5) is 10.9. The van der Waals surface area contributed by atoms with Crippen molar-refractivity contribution in [3.05, 3.63) is 38.6 Å². The molecule has 2 rings (SSSR count). The van der Waals surface area contributed by atoms with E-state index in [0.717, 1.165) is 20.7 Å². The predicted molar refractivity (Wildman–Crippen MR) is 81.2 cm³/mol. The summed E-state index contributed by atoms with van der Waals surface area (Å²) >= 11 is 4.39. The van der Waals surface area contributed by atoms with E-state index in [1.165, 1.54) is 13.0 Å². The van der Waals surface area contributed by atoms with Crippen molar-refractivity contribution in [2.24, 2.45) is 0 Å². The molecule has 2 aromatic heterocycles. The smallest absolute Gasteiger partial charge is 0.339 e. The van der Waals surface area contributed by atoms with E-state index in [9.17, 15) is 13.2 Å². The maximum Gasteiger partial charge on any atom is 0.339 e. The minimum absolute atomic E-state index is 0.0268. The molecule has 0 aliphatic heterocycles. The minimum atomic E-state index is -3.65. The molecule has 0 amide bonds. The van der Waals surface area contributed by atoms with Gasteiger partial charge in [-0.15, -0.1) is 11.3 Å². The SMILES string of the molecule is Cc1cc(S(=O)(=O)NCc2cc(C(=O)O)c(C)o2)sc1Br. The highest BCUT2D eigenvalue weighted by Crippen LogP contribution is 2.30. The van der Waals surface area contributed by atoms with Gasteiger partial charge in [-0.3, -0.25) is 0 Å². The number of carboxylic acid groups (broad SMARTS) is 1. The van der Waals surface area contributed by atoms with Crippen molar-refractivity contribution in [1.82, 2.24) is 4.72 Å². The first-order chi connectivity index (χ1) is 9.70. The van der Waals surface area contributed by atoms with Crippen LogP contribution in [0.4, 0.5) is 0 Å². The normalized spacial score (nSPS) is 11.8. The average molecular weight is 394 g/mol. The maximum atomic E-state index is 12.1. The fraction of sp³-hybridized carbons (Fsp3) is 0.250. The Hall–Kier alpha value is -1.16. The van der Waals surface area contributed by atoms with Gasteiger partial charge in [0.05, 0.1) is 10.3 Å². The fourth-order valence-corrected chi connectivity index (χ4v) is 4.91. The van der Waals surface area contributed by atoms with E-state index in [4.69, 9.17) is 9.52 Å². The van der Waals surface area contributed by atoms with Gasteiger partial charge in [-0.25, -0.2) is 17.9 Å². The van der Waals surface area contributed by atoms with Crippen LogP contribution in [0.5, 0.6) is 0 Å². The van der Waals surface area contributed by atoms with Crippen LogP contribution in [0.15, 0.2) is 24.5 Å². The number of sulfonamides is 1. The van der Waals surface area contributed by atoms with Crippen LogP contribution in [0.25, 0.3) is 0 Å². The van der Waals surface area contributed by atoms with Gasteiger partial charge in [-0.2, -0.15) is 0 Å². The summed E-state index contributed by atoms with van der Waals surface area (Å²) in [5.74, 6) is -0.615. The summed E-state index contributed by atoms with van der Waals surface area (Å²) in [7, 11) is -3.65. The van der Waals surface area contributed by atoms with Gasteiger partial charge in [0.25, 0.3) is 10.0 Å². The molecule has 0 saturated heterocycles. The Morgan fingerprint density at radius 1 is 1.43 bits per heavy atom. The van der Waals surface area contributed by atoms with Gasteiger partial charge in [-0.1, -0.05) is 0 Å². The van der Waals surface area contributed by atoms with E-state index < -0.39 is 16.0 Å². The highest BCUT2D eigenvalue weighted by atomic mass is 79.9. The molecule has 2 aromatic rings. The topological polar surface area (TPSA) is 96.6 Å². The van der Waals surface area contributed by atoms with Crippen molar-refractivity contribution in [2.75, 3.05) is 0 Å². The number of aryl methyl sites for hydroxylation is 2. The lowest BCUT2D eigenvalue weighted by molar-refractivity contribution is 0.0695. The summed E-state index contributed by atoms with van der Waals surface area (Å²) in [5.41, 5.74) is 0.862. The number of carbonyl (C=O) groups is 1. The molecule has 0 aliphatic rings. The van der Waals surface area contributed by atoms with Crippen molar-refractivity contribution < 1.29 is 22.7 Å². The van der Waals surface area contributed by atoms with Crippen molar-refractivity contribution in [2.45, 2.75) is 24.6 Å². The van der Waals surface area contributed by atoms with Gasteiger partial charge in [0.1, 0.15) is 21.3 Å². The van der Waals surface area contributed by atoms with E-state index >= 15 is 0 Å². The van der Waals surface area contributed by atoms with Gasteiger partial charge >= 0.3 is 5.97 Å². The van der Waals surface area contributed by atoms with Crippen LogP contribution in [0.1, 0.15) is 27.4 Å². The number of hydrogen-bond acceptors (Lipinski definition) is 5. The highest BCUT2D eigenvalue weighted by Gasteiger charge is 2.20. The molecular weight excluding hydrogens is 382 g/mol. The molecule has 0 bridgehead atoms. The first-order valence-corrected chi connectivity index (χ1v) is 8.88. The van der Waals surface area contributed by atoms with E-state index in [-0.39, 0.29) is 27.8 Å². The molecule has 21 heavy (non-hydrogen) atoms. The number of halogens is 1. The van der Waals surface area contributed by atoms with Crippen LogP contribution in [0.3, 0.4) is 0 Å². The summed E-state index contributed by atoms with van der Waals surface area (Å²) in [5, 5.41) is 8.92. The van der Waals surface area contributed by atoms with Crippen LogP contribution in [-0.2, 0) is 16.6 Å². The molecule has 0 aliphatic carbocycles. The fourth-order valence-electron chi connectivity index (χ4n) is 1.64. The average Bonchev–Trinajstić information content (AvgIpc) is 2.92. The summed E-state index contributed by atoms with van der Waals surface area (Å²) < 4.78 is 32.8. The molecule has 0 radical (unpaired) electrons. The lowest BCUT2D eigenvalue weighted by Gasteiger charge is -2.02. The Morgan fingerprint density at radius 3 is 2.57 bits per heavy atom. The zero-order chi connectivity index (χ0) is 15.8. The van der Waals surface area contributed by atoms with Crippen LogP contribution in [0.2, 0.25) is 0 Å². The standard InChI is InChI=1S/C12H12BrNO5S2/c1-6-3-10(20-11(6)13)21(17,18)14-5-8-4-9(12(15)16)7(2)19-8/h3-4,14H,5H2,1-2H3,(H,15,16). The molecule has 0 unspecified atom stereocenters. The van der Waals surface area contributed by atoms with Gasteiger partial charge in [0, 0.05) is 0 Å². The number of carboxylic acids is 1. The van der Waals surface area contributed by atoms with Crippen LogP contribution < -0.4 is 4.72 Å². The molecule has 114 valence electrons. The first-order valence-electron chi connectivity index (χ1n) is 5.79. The van der Waals surface area contributed by atoms with Crippen LogP contribution in [0, 0.1) is 13.8 Å². The lowest BCUT2D eigenvalue weighted by Crippen LogP contribution is -2.22. The zero-order valence-electron chi connectivity index (χ0n) is 11.1. The molecule has 2 heterocycles. The molecule has 0 spiro atoms. The second kappa shape index (κ2) is 5.91. The van der Waals surface area contributed by atoms with Crippen molar-refractivity contribution in [1.29, 1.82) is 0 Å². The third kappa shape index (κ3) is 3.54. The van der Waals surface area contributed by atoms with Gasteiger partial charge in [-0.05, 0) is 47.5 Å². The Morgan fingerprint density at radius 2 is 2.10 bits per heavy atom. The largest absolute Gasteiger partial charge is 0.478 e. The molecule has 6 nitrogen and oxygen atoms in total. The Balaban J connectivity index is 2.15. The molecule has 0 atom stereocenters. The minimum Gasteiger partial charge on any atom is -0.478 e. The third-order valence-electron chi connectivity index (χ3n) is 2.74. The van der Waals surface area contributed by atoms with E-state index in [0.29, 0.717) is 0 Å². The molecule has 0 aromatic carbocycles. The van der Waals surface area contributed by atoms with Crippen LogP contribution >= 0.6 is 27.3 Å². The van der Waals surface area contributed by atoms with E-state index in [1.54, 1.807) is 13.0 Å². The van der Waals surface area contributed by atoms with Gasteiger partial charge in [0.15, 0.2) is 0 Å². The number of aromatic carboxylic acids is 1. The summed E-state index contributed by atoms with van der Waals surface area (Å²) in [6.07, 6.45) is 0. The molecule has 0 saturated carbocycles. The van der Waals surface area contributed by atoms with E-state index in [2.05, 4.69) is 20.7 Å². The number of nitrogens with one attached hydrogen (secondary N) is 1. The maximum absolute atomic E-state index is 12.1. The number of thiophene rings is 1. The summed E-state index contributed by atoms with van der Waals surface area (Å²) in [6, 6.07) is 2.88. The Labute approximate surface area is 134 Å². The van der Waals surface area contributed by atoms with Gasteiger partial charge in [0.2, 0.25) is 0 Å². The quantitative estimate of drug-likeness (QED) is 0.813. The second-order valence-electron chi connectivity index (χ2n) is 4.33. The molecule has 2 N–H and O–H groups in total. The number of hydrogen-bond donors (Lipinski definition) is 2. The lowest BCUT2D eigenvalue weighted by atomic mass is 10.2. The molecule has 9 heteroatoms.